The Morgan fingerprint density at radius 2 is 2.20 bits per heavy atom. The largest absolute Gasteiger partial charge is 0.491 e. The van der Waals surface area contributed by atoms with Gasteiger partial charge in [0.25, 0.3) is 0 Å². The Labute approximate surface area is 122 Å². The Bertz CT molecular complexity index is 423. The molecule has 1 aliphatic rings. The van der Waals surface area contributed by atoms with Crippen molar-refractivity contribution in [3.8, 4) is 5.75 Å². The first-order valence-electron chi connectivity index (χ1n) is 7.34. The molecule has 2 unspecified atom stereocenters. The van der Waals surface area contributed by atoms with E-state index in [2.05, 4.69) is 29.4 Å². The summed E-state index contributed by atoms with van der Waals surface area (Å²) >= 11 is 0. The molecule has 2 rings (SSSR count). The van der Waals surface area contributed by atoms with E-state index < -0.39 is 0 Å². The highest BCUT2D eigenvalue weighted by Gasteiger charge is 2.27. The van der Waals surface area contributed by atoms with Gasteiger partial charge in [0.05, 0.1) is 24.9 Å². The lowest BCUT2D eigenvalue weighted by molar-refractivity contribution is -0.0380. The average Bonchev–Trinajstić information content (AvgIpc) is 2.39. The standard InChI is InChI=1S/C16H26N2O2/c1-12(2)20-14-7-5-6-13(10-14)16(17-3)15-11-18(4)8-9-19-15/h5-7,10,12,15-17H,8-9,11H2,1-4H3. The molecule has 1 fully saturated rings. The summed E-state index contributed by atoms with van der Waals surface area (Å²) in [6.07, 6.45) is 0.364. The van der Waals surface area contributed by atoms with E-state index in [0.29, 0.717) is 0 Å². The van der Waals surface area contributed by atoms with Crippen molar-refractivity contribution in [2.24, 2.45) is 0 Å². The molecule has 0 amide bonds. The molecule has 1 heterocycles. The van der Waals surface area contributed by atoms with Gasteiger partial charge in [-0.2, -0.15) is 0 Å². The summed E-state index contributed by atoms with van der Waals surface area (Å²) in [6, 6.07) is 8.48. The normalized spacial score (nSPS) is 21.9. The van der Waals surface area contributed by atoms with Crippen molar-refractivity contribution in [1.29, 1.82) is 0 Å². The third kappa shape index (κ3) is 3.95. The lowest BCUT2D eigenvalue weighted by Crippen LogP contribution is -2.46. The Hall–Kier alpha value is -1.10. The third-order valence-corrected chi connectivity index (χ3v) is 3.57. The maximum absolute atomic E-state index is 5.93. The fourth-order valence-corrected chi connectivity index (χ4v) is 2.63. The maximum Gasteiger partial charge on any atom is 0.120 e. The highest BCUT2D eigenvalue weighted by atomic mass is 16.5. The van der Waals surface area contributed by atoms with Crippen LogP contribution in [0, 0.1) is 0 Å². The molecule has 4 heteroatoms. The Kier molecular flexibility index (Phi) is 5.40. The summed E-state index contributed by atoms with van der Waals surface area (Å²) in [7, 11) is 4.12. The monoisotopic (exact) mass is 278 g/mol. The van der Waals surface area contributed by atoms with Gasteiger partial charge in [-0.25, -0.2) is 0 Å². The predicted octanol–water partition coefficient (Wildman–Crippen LogP) is 2.06. The van der Waals surface area contributed by atoms with Gasteiger partial charge in [-0.1, -0.05) is 12.1 Å². The Morgan fingerprint density at radius 3 is 2.85 bits per heavy atom. The second-order valence-corrected chi connectivity index (χ2v) is 5.68. The van der Waals surface area contributed by atoms with Crippen molar-refractivity contribution in [1.82, 2.24) is 10.2 Å². The van der Waals surface area contributed by atoms with Crippen molar-refractivity contribution < 1.29 is 9.47 Å². The third-order valence-electron chi connectivity index (χ3n) is 3.57. The molecule has 0 bridgehead atoms. The number of ether oxygens (including phenoxy) is 2. The smallest absolute Gasteiger partial charge is 0.120 e. The number of nitrogens with zero attached hydrogens (tertiary/aromatic N) is 1. The minimum atomic E-state index is 0.174. The first-order chi connectivity index (χ1) is 9.60. The van der Waals surface area contributed by atoms with Crippen molar-refractivity contribution >= 4 is 0 Å². The van der Waals surface area contributed by atoms with Crippen LogP contribution in [0.4, 0.5) is 0 Å². The minimum Gasteiger partial charge on any atom is -0.491 e. The van der Waals surface area contributed by atoms with E-state index in [-0.39, 0.29) is 18.2 Å². The number of hydrogen-bond acceptors (Lipinski definition) is 4. The average molecular weight is 278 g/mol. The minimum absolute atomic E-state index is 0.174. The second-order valence-electron chi connectivity index (χ2n) is 5.68. The molecule has 0 aromatic heterocycles. The topological polar surface area (TPSA) is 33.7 Å². The quantitative estimate of drug-likeness (QED) is 0.894. The summed E-state index contributed by atoms with van der Waals surface area (Å²) in [4.78, 5) is 2.31. The van der Waals surface area contributed by atoms with Crippen LogP contribution in [0.25, 0.3) is 0 Å². The lowest BCUT2D eigenvalue weighted by Gasteiger charge is -2.35. The molecule has 1 aromatic carbocycles. The van der Waals surface area contributed by atoms with Crippen LogP contribution >= 0.6 is 0 Å². The van der Waals surface area contributed by atoms with Crippen molar-refractivity contribution in [3.05, 3.63) is 29.8 Å². The molecule has 0 radical (unpaired) electrons. The van der Waals surface area contributed by atoms with Crippen molar-refractivity contribution in [3.63, 3.8) is 0 Å². The zero-order chi connectivity index (χ0) is 14.5. The highest BCUT2D eigenvalue weighted by Crippen LogP contribution is 2.25. The van der Waals surface area contributed by atoms with E-state index in [1.54, 1.807) is 0 Å². The van der Waals surface area contributed by atoms with Gasteiger partial charge >= 0.3 is 0 Å². The summed E-state index contributed by atoms with van der Waals surface area (Å²) in [5.74, 6) is 0.918. The Balaban J connectivity index is 2.14. The Morgan fingerprint density at radius 1 is 1.40 bits per heavy atom. The van der Waals surface area contributed by atoms with E-state index in [9.17, 15) is 0 Å². The van der Waals surface area contributed by atoms with Gasteiger partial charge in [0.15, 0.2) is 0 Å². The molecule has 1 N–H and O–H groups in total. The second kappa shape index (κ2) is 7.07. The van der Waals surface area contributed by atoms with Crippen LogP contribution in [0.2, 0.25) is 0 Å². The summed E-state index contributed by atoms with van der Waals surface area (Å²) in [6.45, 7) is 6.83. The molecule has 1 aliphatic heterocycles. The van der Waals surface area contributed by atoms with Gasteiger partial charge in [-0.3, -0.25) is 0 Å². The first-order valence-corrected chi connectivity index (χ1v) is 7.34. The molecule has 1 aromatic rings. The highest BCUT2D eigenvalue weighted by molar-refractivity contribution is 5.31. The zero-order valence-corrected chi connectivity index (χ0v) is 12.9. The van der Waals surface area contributed by atoms with Gasteiger partial charge in [0, 0.05) is 13.1 Å². The zero-order valence-electron chi connectivity index (χ0n) is 12.9. The van der Waals surface area contributed by atoms with E-state index in [4.69, 9.17) is 9.47 Å². The molecule has 2 atom stereocenters. The van der Waals surface area contributed by atoms with E-state index in [1.807, 2.05) is 33.0 Å². The molecule has 0 spiro atoms. The van der Waals surface area contributed by atoms with E-state index in [0.717, 1.165) is 25.4 Å². The fraction of sp³-hybridized carbons (Fsp3) is 0.625. The number of benzene rings is 1. The number of rotatable bonds is 5. The fourth-order valence-electron chi connectivity index (χ4n) is 2.63. The van der Waals surface area contributed by atoms with Crippen LogP contribution in [-0.4, -0.2) is 50.9 Å². The van der Waals surface area contributed by atoms with Crippen LogP contribution in [0.3, 0.4) is 0 Å². The van der Waals surface area contributed by atoms with Crippen LogP contribution in [0.1, 0.15) is 25.5 Å². The van der Waals surface area contributed by atoms with Gasteiger partial charge in [0.1, 0.15) is 5.75 Å². The van der Waals surface area contributed by atoms with Crippen LogP contribution in [-0.2, 0) is 4.74 Å². The van der Waals surface area contributed by atoms with Crippen molar-refractivity contribution in [2.75, 3.05) is 33.8 Å². The van der Waals surface area contributed by atoms with Crippen molar-refractivity contribution in [2.45, 2.75) is 32.1 Å². The SMILES string of the molecule is CNC(c1cccc(OC(C)C)c1)C1CN(C)CCO1. The van der Waals surface area contributed by atoms with E-state index in [1.165, 1.54) is 5.56 Å². The molecule has 1 saturated heterocycles. The number of nitrogens with one attached hydrogen (secondary N) is 1. The number of likely N-dealkylation sites (N-methyl/N-ethyl adjacent to an activating group) is 2. The molecular weight excluding hydrogens is 252 g/mol. The van der Waals surface area contributed by atoms with Gasteiger partial charge in [-0.15, -0.1) is 0 Å². The summed E-state index contributed by atoms with van der Waals surface area (Å²) < 4.78 is 11.7. The number of hydrogen-bond donors (Lipinski definition) is 1. The van der Waals surface area contributed by atoms with Crippen LogP contribution in [0.15, 0.2) is 24.3 Å². The van der Waals surface area contributed by atoms with Gasteiger partial charge in [0.2, 0.25) is 0 Å². The molecule has 4 nitrogen and oxygen atoms in total. The van der Waals surface area contributed by atoms with Gasteiger partial charge < -0.3 is 19.7 Å². The molecular formula is C16H26N2O2. The molecule has 112 valence electrons. The van der Waals surface area contributed by atoms with Crippen LogP contribution < -0.4 is 10.1 Å². The summed E-state index contributed by atoms with van der Waals surface area (Å²) in [5, 5.41) is 3.38. The van der Waals surface area contributed by atoms with Crippen LogP contribution in [0.5, 0.6) is 5.75 Å². The predicted molar refractivity (Wildman–Crippen MR) is 81.2 cm³/mol. The lowest BCUT2D eigenvalue weighted by atomic mass is 10.00. The maximum atomic E-state index is 5.93. The molecule has 0 saturated carbocycles. The van der Waals surface area contributed by atoms with Gasteiger partial charge in [-0.05, 0) is 45.6 Å². The summed E-state index contributed by atoms with van der Waals surface area (Å²) in [5.41, 5.74) is 1.21. The van der Waals surface area contributed by atoms with E-state index >= 15 is 0 Å². The molecule has 20 heavy (non-hydrogen) atoms. The molecule has 0 aliphatic carbocycles. The first kappa shape index (κ1) is 15.3. The number of morpholine rings is 1.